The average molecular weight is 265 g/mol. The van der Waals surface area contributed by atoms with Gasteiger partial charge in [-0.1, -0.05) is 11.6 Å². The van der Waals surface area contributed by atoms with Gasteiger partial charge in [-0.25, -0.2) is 4.79 Å². The Morgan fingerprint density at radius 3 is 2.77 bits per heavy atom. The molecule has 0 atom stereocenters. The minimum Gasteiger partial charge on any atom is -0.506 e. The van der Waals surface area contributed by atoms with Crippen molar-refractivity contribution in [1.29, 1.82) is 0 Å². The number of phenols is 1. The molecule has 0 radical (unpaired) electrons. The van der Waals surface area contributed by atoms with E-state index in [1.807, 2.05) is 0 Å². The fraction of sp³-hybridized carbons (Fsp3) is 0.125. The van der Waals surface area contributed by atoms with E-state index in [-0.39, 0.29) is 16.3 Å². The second kappa shape index (κ2) is 3.98. The SMILES string of the molecule is COC(=O)c1c(Br)ccc(O)c1Cl. The van der Waals surface area contributed by atoms with Crippen LogP contribution in [0.4, 0.5) is 0 Å². The Labute approximate surface area is 88.4 Å². The van der Waals surface area contributed by atoms with Gasteiger partial charge < -0.3 is 9.84 Å². The Balaban J connectivity index is 3.33. The molecule has 1 aromatic carbocycles. The van der Waals surface area contributed by atoms with E-state index >= 15 is 0 Å². The summed E-state index contributed by atoms with van der Waals surface area (Å²) in [6, 6.07) is 2.91. The van der Waals surface area contributed by atoms with Gasteiger partial charge in [0.25, 0.3) is 0 Å². The molecule has 0 aromatic heterocycles. The number of benzene rings is 1. The topological polar surface area (TPSA) is 46.5 Å². The first-order valence-corrected chi connectivity index (χ1v) is 4.50. The first kappa shape index (κ1) is 10.3. The van der Waals surface area contributed by atoms with Gasteiger partial charge in [0.15, 0.2) is 0 Å². The molecule has 0 saturated heterocycles. The highest BCUT2D eigenvalue weighted by molar-refractivity contribution is 9.10. The zero-order valence-electron chi connectivity index (χ0n) is 6.67. The van der Waals surface area contributed by atoms with Crippen molar-refractivity contribution in [3.8, 4) is 5.75 Å². The van der Waals surface area contributed by atoms with Crippen molar-refractivity contribution in [2.24, 2.45) is 0 Å². The molecule has 5 heteroatoms. The van der Waals surface area contributed by atoms with E-state index in [2.05, 4.69) is 20.7 Å². The number of ether oxygens (including phenoxy) is 1. The molecule has 0 amide bonds. The molecule has 1 aromatic rings. The highest BCUT2D eigenvalue weighted by atomic mass is 79.9. The lowest BCUT2D eigenvalue weighted by atomic mass is 10.2. The number of halogens is 2. The summed E-state index contributed by atoms with van der Waals surface area (Å²) in [5.74, 6) is -0.738. The molecule has 0 fully saturated rings. The van der Waals surface area contributed by atoms with Gasteiger partial charge in [-0.2, -0.15) is 0 Å². The van der Waals surface area contributed by atoms with E-state index in [0.29, 0.717) is 4.47 Å². The summed E-state index contributed by atoms with van der Waals surface area (Å²) in [7, 11) is 1.25. The van der Waals surface area contributed by atoms with Gasteiger partial charge in [0.1, 0.15) is 5.75 Å². The van der Waals surface area contributed by atoms with Crippen LogP contribution in [0.1, 0.15) is 10.4 Å². The highest BCUT2D eigenvalue weighted by Crippen LogP contribution is 2.32. The first-order chi connectivity index (χ1) is 6.07. The average Bonchev–Trinajstić information content (AvgIpc) is 2.12. The van der Waals surface area contributed by atoms with Crippen LogP contribution >= 0.6 is 27.5 Å². The summed E-state index contributed by atoms with van der Waals surface area (Å²) in [5, 5.41) is 9.20. The molecule has 0 unspecified atom stereocenters. The monoisotopic (exact) mass is 264 g/mol. The van der Waals surface area contributed by atoms with Crippen molar-refractivity contribution in [2.45, 2.75) is 0 Å². The number of aromatic hydroxyl groups is 1. The molecule has 1 rings (SSSR count). The van der Waals surface area contributed by atoms with Crippen LogP contribution in [0, 0.1) is 0 Å². The van der Waals surface area contributed by atoms with Crippen molar-refractivity contribution >= 4 is 33.5 Å². The van der Waals surface area contributed by atoms with Crippen molar-refractivity contribution < 1.29 is 14.6 Å². The second-order valence-electron chi connectivity index (χ2n) is 2.25. The predicted molar refractivity (Wildman–Crippen MR) is 52.2 cm³/mol. The van der Waals surface area contributed by atoms with E-state index < -0.39 is 5.97 Å². The highest BCUT2D eigenvalue weighted by Gasteiger charge is 2.17. The largest absolute Gasteiger partial charge is 0.506 e. The van der Waals surface area contributed by atoms with Crippen molar-refractivity contribution in [1.82, 2.24) is 0 Å². The molecule has 13 heavy (non-hydrogen) atoms. The molecule has 0 aliphatic rings. The fourth-order valence-corrected chi connectivity index (χ4v) is 1.68. The molecule has 0 saturated carbocycles. The van der Waals surface area contributed by atoms with Crippen molar-refractivity contribution in [3.63, 3.8) is 0 Å². The summed E-state index contributed by atoms with van der Waals surface area (Å²) in [6.45, 7) is 0. The van der Waals surface area contributed by atoms with E-state index in [0.717, 1.165) is 0 Å². The third-order valence-electron chi connectivity index (χ3n) is 1.46. The first-order valence-electron chi connectivity index (χ1n) is 3.33. The van der Waals surface area contributed by atoms with Crippen LogP contribution in [0.2, 0.25) is 5.02 Å². The summed E-state index contributed by atoms with van der Waals surface area (Å²) < 4.78 is 4.98. The predicted octanol–water partition coefficient (Wildman–Crippen LogP) is 2.59. The van der Waals surface area contributed by atoms with Gasteiger partial charge >= 0.3 is 5.97 Å². The number of rotatable bonds is 1. The molecule has 0 heterocycles. The van der Waals surface area contributed by atoms with Crippen LogP contribution in [0.5, 0.6) is 5.75 Å². The maximum atomic E-state index is 11.2. The molecule has 0 aliphatic carbocycles. The zero-order chi connectivity index (χ0) is 10.0. The maximum absolute atomic E-state index is 11.2. The summed E-state index contributed by atoms with van der Waals surface area (Å²) in [4.78, 5) is 11.2. The van der Waals surface area contributed by atoms with Gasteiger partial charge in [-0.15, -0.1) is 0 Å². The van der Waals surface area contributed by atoms with Crippen LogP contribution in [0.3, 0.4) is 0 Å². The summed E-state index contributed by atoms with van der Waals surface area (Å²) in [5.41, 5.74) is 0.129. The third-order valence-corrected chi connectivity index (χ3v) is 2.50. The Hall–Kier alpha value is -0.740. The summed E-state index contributed by atoms with van der Waals surface area (Å²) >= 11 is 8.82. The molecule has 3 nitrogen and oxygen atoms in total. The molecule has 0 aliphatic heterocycles. The van der Waals surface area contributed by atoms with E-state index in [9.17, 15) is 9.90 Å². The van der Waals surface area contributed by atoms with Gasteiger partial charge in [0, 0.05) is 4.47 Å². The van der Waals surface area contributed by atoms with Crippen LogP contribution in [-0.2, 0) is 4.74 Å². The lowest BCUT2D eigenvalue weighted by Crippen LogP contribution is -2.03. The van der Waals surface area contributed by atoms with Gasteiger partial charge in [0.2, 0.25) is 0 Å². The Morgan fingerprint density at radius 1 is 1.62 bits per heavy atom. The number of hydrogen-bond donors (Lipinski definition) is 1. The number of esters is 1. The number of carbonyl (C=O) groups excluding carboxylic acids is 1. The molecule has 70 valence electrons. The maximum Gasteiger partial charge on any atom is 0.340 e. The van der Waals surface area contributed by atoms with Crippen LogP contribution in [0.25, 0.3) is 0 Å². The smallest absolute Gasteiger partial charge is 0.340 e. The third kappa shape index (κ3) is 1.95. The number of carbonyl (C=O) groups is 1. The summed E-state index contributed by atoms with van der Waals surface area (Å²) in [6.07, 6.45) is 0. The standard InChI is InChI=1S/C8H6BrClO3/c1-13-8(12)6-4(9)2-3-5(11)7(6)10/h2-3,11H,1H3. The number of methoxy groups -OCH3 is 1. The van der Waals surface area contributed by atoms with Crippen LogP contribution in [-0.4, -0.2) is 18.2 Å². The molecule has 0 spiro atoms. The van der Waals surface area contributed by atoms with E-state index in [1.54, 1.807) is 0 Å². The van der Waals surface area contributed by atoms with Crippen molar-refractivity contribution in [3.05, 3.63) is 27.2 Å². The zero-order valence-corrected chi connectivity index (χ0v) is 9.02. The van der Waals surface area contributed by atoms with Crippen LogP contribution in [0.15, 0.2) is 16.6 Å². The van der Waals surface area contributed by atoms with Gasteiger partial charge in [0.05, 0.1) is 17.7 Å². The minimum atomic E-state index is -0.590. The Kier molecular flexibility index (Phi) is 3.17. The molecule has 1 N–H and O–H groups in total. The molecular weight excluding hydrogens is 259 g/mol. The van der Waals surface area contributed by atoms with Gasteiger partial charge in [-0.05, 0) is 28.1 Å². The quantitative estimate of drug-likeness (QED) is 0.794. The normalized spacial score (nSPS) is 9.77. The molecular formula is C8H6BrClO3. The fourth-order valence-electron chi connectivity index (χ4n) is 0.831. The van der Waals surface area contributed by atoms with Gasteiger partial charge in [-0.3, -0.25) is 0 Å². The van der Waals surface area contributed by atoms with Crippen molar-refractivity contribution in [2.75, 3.05) is 7.11 Å². The van der Waals surface area contributed by atoms with E-state index in [1.165, 1.54) is 19.2 Å². The van der Waals surface area contributed by atoms with E-state index in [4.69, 9.17) is 11.6 Å². The lowest BCUT2D eigenvalue weighted by Gasteiger charge is -2.05. The second-order valence-corrected chi connectivity index (χ2v) is 3.48. The lowest BCUT2D eigenvalue weighted by molar-refractivity contribution is 0.0599. The Bertz CT molecular complexity index is 351. The Morgan fingerprint density at radius 2 is 2.23 bits per heavy atom. The minimum absolute atomic E-state index is 0.0128. The number of phenolic OH excluding ortho intramolecular Hbond substituents is 1. The number of hydrogen-bond acceptors (Lipinski definition) is 3. The molecule has 0 bridgehead atoms. The van der Waals surface area contributed by atoms with Crippen LogP contribution < -0.4 is 0 Å².